The molecule has 1 aliphatic carbocycles. The van der Waals surface area contributed by atoms with Crippen LogP contribution in [0.15, 0.2) is 12.1 Å². The van der Waals surface area contributed by atoms with Crippen LogP contribution in [0.4, 0.5) is 0 Å². The van der Waals surface area contributed by atoms with Gasteiger partial charge in [0.15, 0.2) is 36.7 Å². The number of carbonyl (C=O) groups is 4. The lowest BCUT2D eigenvalue weighted by molar-refractivity contribution is -0.334. The van der Waals surface area contributed by atoms with Crippen LogP contribution in [0.2, 0.25) is 0 Å². The summed E-state index contributed by atoms with van der Waals surface area (Å²) in [7, 11) is 1.20. The number of hydrogen-bond donors (Lipinski definition) is 8. The maximum Gasteiger partial charge on any atom is 0.302 e. The van der Waals surface area contributed by atoms with E-state index in [0.717, 1.165) is 6.92 Å². The van der Waals surface area contributed by atoms with Crippen molar-refractivity contribution in [3.8, 4) is 17.2 Å². The number of aromatic hydroxyl groups is 2. The molecule has 8 rings (SSSR count). The largest absolute Gasteiger partial charge is 0.507 e. The Balaban J connectivity index is 1.02. The molecule has 0 aromatic heterocycles. The molecule has 5 saturated heterocycles. The molecular weight excluding hydrogens is 1020 g/mol. The Morgan fingerprint density at radius 1 is 0.662 bits per heavy atom. The van der Waals surface area contributed by atoms with Crippen molar-refractivity contribution < 1.29 is 117 Å². The number of hydrogen-bond acceptors (Lipinski definition) is 24. The monoisotopic (exact) mass is 1090 g/mol. The molecule has 0 bridgehead atoms. The summed E-state index contributed by atoms with van der Waals surface area (Å²) in [5, 5.41) is 89.3. The number of rotatable bonds is 15. The Morgan fingerprint density at radius 3 is 1.64 bits per heavy atom. The quantitative estimate of drug-likeness (QED) is 0.0916. The van der Waals surface area contributed by atoms with Crippen molar-refractivity contribution in [3.05, 3.63) is 28.8 Å². The second-order valence-corrected chi connectivity index (χ2v) is 21.6. The molecule has 77 heavy (non-hydrogen) atoms. The van der Waals surface area contributed by atoms with Gasteiger partial charge in [0.1, 0.15) is 66.1 Å². The fraction of sp³-hybridized carbons (Fsp3) is 0.736. The van der Waals surface area contributed by atoms with Crippen molar-refractivity contribution in [2.24, 2.45) is 5.92 Å². The summed E-state index contributed by atoms with van der Waals surface area (Å²) in [5.74, 6) is -5.42. The smallest absolute Gasteiger partial charge is 0.302 e. The minimum absolute atomic E-state index is 0.0168. The number of aliphatic hydroxyl groups excluding tert-OH is 5. The molecule has 24 nitrogen and oxygen atoms in total. The lowest BCUT2D eigenvalue weighted by atomic mass is 9.75. The van der Waals surface area contributed by atoms with Crippen LogP contribution < -0.4 is 4.74 Å². The van der Waals surface area contributed by atoms with Crippen molar-refractivity contribution in [2.75, 3.05) is 7.11 Å². The van der Waals surface area contributed by atoms with Gasteiger partial charge in [-0.25, -0.2) is 0 Å². The second-order valence-electron chi connectivity index (χ2n) is 21.6. The van der Waals surface area contributed by atoms with Crippen LogP contribution in [0.5, 0.6) is 17.2 Å². The van der Waals surface area contributed by atoms with Gasteiger partial charge < -0.3 is 97.7 Å². The van der Waals surface area contributed by atoms with Crippen molar-refractivity contribution in [1.82, 2.24) is 0 Å². The van der Waals surface area contributed by atoms with Gasteiger partial charge in [0.05, 0.1) is 65.4 Å². The number of fused-ring (bicyclic) bond motifs is 2. The van der Waals surface area contributed by atoms with Gasteiger partial charge in [-0.15, -0.1) is 0 Å². The third-order valence-corrected chi connectivity index (χ3v) is 15.8. The summed E-state index contributed by atoms with van der Waals surface area (Å²) in [5.41, 5.74) is -1.43. The second kappa shape index (κ2) is 23.6. The molecule has 2 aromatic carbocycles. The Hall–Kier alpha value is -4.06. The predicted molar refractivity (Wildman–Crippen MR) is 261 cm³/mol. The Morgan fingerprint density at radius 2 is 1.13 bits per heavy atom. The van der Waals surface area contributed by atoms with Gasteiger partial charge in [-0.1, -0.05) is 0 Å². The van der Waals surface area contributed by atoms with Crippen LogP contribution in [0.1, 0.15) is 109 Å². The number of carbonyl (C=O) groups excluding carboxylic acids is 4. The van der Waals surface area contributed by atoms with E-state index in [4.69, 9.17) is 56.8 Å². The van der Waals surface area contributed by atoms with E-state index >= 15 is 0 Å². The first-order valence-electron chi connectivity index (χ1n) is 26.2. The van der Waals surface area contributed by atoms with Crippen molar-refractivity contribution in [1.29, 1.82) is 0 Å². The molecule has 2 aromatic rings. The zero-order valence-electron chi connectivity index (χ0n) is 44.7. The molecule has 6 aliphatic rings. The number of benzene rings is 2. The highest BCUT2D eigenvalue weighted by Gasteiger charge is 2.51. The van der Waals surface area contributed by atoms with Gasteiger partial charge >= 0.3 is 5.97 Å². The summed E-state index contributed by atoms with van der Waals surface area (Å²) in [6, 6.07) is 3.05. The number of phenolic OH excluding ortho intramolecular Hbond substituents is 2. The van der Waals surface area contributed by atoms with Gasteiger partial charge in [0.25, 0.3) is 0 Å². The third-order valence-electron chi connectivity index (χ3n) is 15.8. The van der Waals surface area contributed by atoms with Crippen LogP contribution >= 0.6 is 0 Å². The minimum atomic E-state index is -1.62. The van der Waals surface area contributed by atoms with Gasteiger partial charge in [0.2, 0.25) is 12.1 Å². The molecule has 5 heterocycles. The molecule has 430 valence electrons. The molecule has 5 aliphatic heterocycles. The molecule has 5 fully saturated rings. The SMILES string of the molecule is CO[C@H](C(=O)C(C)=O)[C@@H]1Cc2cc3cc(O[C@H]4C[C@@H](O[C@H]5C[C@@H](OC(C)=O)[C@H](O)[C@@H](C)O5)[C@H](O)[C@@H](C)O4)c(C)c(O)c3c(O)c2C(=O)[C@H]1O[C@H]1C[C@@H](O[C@H]2C[C@@H](O[C@H]3C[C@](C)(O)[C@H](O)[C@@H](C)O3)[C@@H](O)[C@@H](C)O2)[C@H](O)[C@@H](C)O1. The molecule has 0 saturated carbocycles. The van der Waals surface area contributed by atoms with Gasteiger partial charge in [-0.05, 0) is 78.0 Å². The van der Waals surface area contributed by atoms with Crippen LogP contribution in [0, 0.1) is 12.8 Å². The van der Waals surface area contributed by atoms with E-state index in [1.54, 1.807) is 34.6 Å². The average Bonchev–Trinajstić information content (AvgIpc) is 3.34. The normalized spacial score (nSPS) is 41.1. The van der Waals surface area contributed by atoms with E-state index in [1.165, 1.54) is 40.0 Å². The number of ether oxygens (including phenoxy) is 12. The lowest BCUT2D eigenvalue weighted by Crippen LogP contribution is -2.58. The number of aliphatic hydroxyl groups is 6. The minimum Gasteiger partial charge on any atom is -0.507 e. The topological polar surface area (TPSA) is 341 Å². The first-order valence-corrected chi connectivity index (χ1v) is 26.2. The molecule has 0 amide bonds. The maximum atomic E-state index is 15.0. The first-order chi connectivity index (χ1) is 36.2. The summed E-state index contributed by atoms with van der Waals surface area (Å²) in [4.78, 5) is 52.9. The van der Waals surface area contributed by atoms with E-state index in [-0.39, 0.29) is 71.7 Å². The van der Waals surface area contributed by atoms with E-state index in [1.807, 2.05) is 0 Å². The average molecular weight is 1100 g/mol. The predicted octanol–water partition coefficient (Wildman–Crippen LogP) is 1.17. The molecule has 0 radical (unpaired) electrons. The molecule has 0 unspecified atom stereocenters. The van der Waals surface area contributed by atoms with Crippen molar-refractivity contribution >= 4 is 34.1 Å². The maximum absolute atomic E-state index is 15.0. The van der Waals surface area contributed by atoms with E-state index in [9.17, 15) is 60.0 Å². The standard InChI is InChI=1S/C53H74O24/c1-19-30(73-35-15-32(45(59)22(4)67-35)74-36-14-31(72-26(8)55)44(58)21(3)68-36)13-28-11-27-12-29(50(66-10)43(57)20(2)54)51(49(63)41(27)48(62)40(28)42(19)56)77-38-17-33(46(60)24(6)70-38)75-37-16-34(47(61)23(5)69-37)76-39-18-53(9,65)52(64)25(7)71-39/h11,13,21-25,29,31-39,44-47,50-52,56,58-62,64-65H,12,14-18H2,1-10H3/t21-,22-,23-,24-,25-,29+,31-,32-,33-,34-,35+,36+,37+,38+,39+,44-,45-,46-,47+,50+,51+,52-,53+/m1/s1. The van der Waals surface area contributed by atoms with Crippen LogP contribution in [-0.4, -0.2) is 206 Å². The fourth-order valence-corrected chi connectivity index (χ4v) is 11.4. The lowest BCUT2D eigenvalue weighted by Gasteiger charge is -2.46. The fourth-order valence-electron chi connectivity index (χ4n) is 11.4. The van der Waals surface area contributed by atoms with Crippen LogP contribution in [0.25, 0.3) is 10.8 Å². The molecular formula is C53H74O24. The third kappa shape index (κ3) is 12.3. The highest BCUT2D eigenvalue weighted by atomic mass is 16.7. The van der Waals surface area contributed by atoms with E-state index in [0.29, 0.717) is 0 Å². The molecule has 0 spiro atoms. The van der Waals surface area contributed by atoms with E-state index < -0.39 is 175 Å². The summed E-state index contributed by atoms with van der Waals surface area (Å²) in [6.45, 7) is 13.2. The number of methoxy groups -OCH3 is 1. The Bertz CT molecular complexity index is 2480. The van der Waals surface area contributed by atoms with Crippen LogP contribution in [0.3, 0.4) is 0 Å². The van der Waals surface area contributed by atoms with Gasteiger partial charge in [0, 0.05) is 64.5 Å². The van der Waals surface area contributed by atoms with Gasteiger partial charge in [-0.3, -0.25) is 19.2 Å². The first kappa shape index (κ1) is 59.1. The summed E-state index contributed by atoms with van der Waals surface area (Å²) in [6.07, 6.45) is -23.1. The number of phenols is 2. The molecule has 24 heteroatoms. The zero-order valence-corrected chi connectivity index (χ0v) is 44.7. The number of ketones is 3. The van der Waals surface area contributed by atoms with Crippen LogP contribution in [-0.2, 0) is 72.9 Å². The Labute approximate surface area is 444 Å². The molecule has 23 atom stereocenters. The number of esters is 1. The van der Waals surface area contributed by atoms with E-state index in [2.05, 4.69) is 0 Å². The number of Topliss-reactive ketones (excluding diaryl/α,β-unsaturated/α-hetero) is 3. The highest BCUT2D eigenvalue weighted by Crippen LogP contribution is 2.47. The van der Waals surface area contributed by atoms with Crippen molar-refractivity contribution in [3.63, 3.8) is 0 Å². The zero-order chi connectivity index (χ0) is 56.3. The van der Waals surface area contributed by atoms with Gasteiger partial charge in [-0.2, -0.15) is 0 Å². The highest BCUT2D eigenvalue weighted by molar-refractivity contribution is 6.38. The summed E-state index contributed by atoms with van der Waals surface area (Å²) >= 11 is 0. The molecule has 8 N–H and O–H groups in total. The summed E-state index contributed by atoms with van der Waals surface area (Å²) < 4.78 is 72.0. The Kier molecular flexibility index (Phi) is 18.1. The van der Waals surface area contributed by atoms with Crippen molar-refractivity contribution in [2.45, 2.75) is 236 Å².